The molecular weight excluding hydrogens is 244 g/mol. The number of ether oxygens (including phenoxy) is 1. The van der Waals surface area contributed by atoms with Gasteiger partial charge in [0.1, 0.15) is 6.04 Å². The molecule has 0 aliphatic carbocycles. The highest BCUT2D eigenvalue weighted by molar-refractivity contribution is 5.82. The predicted octanol–water partition coefficient (Wildman–Crippen LogP) is 0.597. The molecule has 3 N–H and O–H groups in total. The van der Waals surface area contributed by atoms with E-state index in [2.05, 4.69) is 31.2 Å². The summed E-state index contributed by atoms with van der Waals surface area (Å²) in [5.41, 5.74) is 6.58. The molecule has 0 bridgehead atoms. The van der Waals surface area contributed by atoms with Crippen molar-refractivity contribution in [1.29, 1.82) is 0 Å². The van der Waals surface area contributed by atoms with Crippen molar-refractivity contribution in [1.82, 2.24) is 15.1 Å². The van der Waals surface area contributed by atoms with Crippen LogP contribution in [0.15, 0.2) is 12.4 Å². The Hall–Kier alpha value is -1.40. The lowest BCUT2D eigenvalue weighted by Crippen LogP contribution is -2.47. The first-order valence-corrected chi connectivity index (χ1v) is 6.29. The molecule has 0 saturated heterocycles. The normalized spacial score (nSPS) is 15.1. The van der Waals surface area contributed by atoms with Crippen LogP contribution in [0.2, 0.25) is 0 Å². The molecular formula is C13H24N4O2. The molecule has 1 amide bonds. The zero-order valence-electron chi connectivity index (χ0n) is 12.3. The van der Waals surface area contributed by atoms with Crippen molar-refractivity contribution in [3.8, 4) is 0 Å². The summed E-state index contributed by atoms with van der Waals surface area (Å²) in [6, 6.07) is -0.803. The monoisotopic (exact) mass is 268 g/mol. The van der Waals surface area contributed by atoms with Crippen molar-refractivity contribution in [2.75, 3.05) is 13.7 Å². The van der Waals surface area contributed by atoms with E-state index in [4.69, 9.17) is 10.5 Å². The molecule has 2 unspecified atom stereocenters. The van der Waals surface area contributed by atoms with Gasteiger partial charge in [0.05, 0.1) is 18.8 Å². The fraction of sp³-hybridized carbons (Fsp3) is 0.692. The average Bonchev–Trinajstić information content (AvgIpc) is 2.70. The molecule has 0 fully saturated rings. The van der Waals surface area contributed by atoms with Gasteiger partial charge in [0.2, 0.25) is 5.91 Å². The van der Waals surface area contributed by atoms with E-state index in [0.29, 0.717) is 0 Å². The first-order valence-electron chi connectivity index (χ1n) is 6.29. The van der Waals surface area contributed by atoms with E-state index in [1.165, 1.54) is 7.11 Å². The molecule has 1 aromatic heterocycles. The number of rotatable bonds is 5. The van der Waals surface area contributed by atoms with E-state index in [9.17, 15) is 4.79 Å². The number of carbonyl (C=O) groups excluding carboxylic acids is 1. The third kappa shape index (κ3) is 4.33. The number of methoxy groups -OCH3 is 1. The predicted molar refractivity (Wildman–Crippen MR) is 73.4 cm³/mol. The molecule has 1 heterocycles. The van der Waals surface area contributed by atoms with Crippen molar-refractivity contribution < 1.29 is 9.53 Å². The second-order valence-electron chi connectivity index (χ2n) is 5.82. The molecule has 0 radical (unpaired) electrons. The van der Waals surface area contributed by atoms with Crippen LogP contribution in [0, 0.1) is 5.41 Å². The summed E-state index contributed by atoms with van der Waals surface area (Å²) >= 11 is 0. The van der Waals surface area contributed by atoms with Crippen LogP contribution >= 0.6 is 0 Å². The van der Waals surface area contributed by atoms with E-state index in [1.807, 2.05) is 13.2 Å². The fourth-order valence-electron chi connectivity index (χ4n) is 1.89. The SMILES string of the molecule is COCC(N)C(=O)NC(c1cnn(C)c1)C(C)(C)C. The Balaban J connectivity index is 2.85. The smallest absolute Gasteiger partial charge is 0.239 e. The molecule has 6 heteroatoms. The van der Waals surface area contributed by atoms with Gasteiger partial charge in [-0.05, 0) is 5.41 Å². The minimum absolute atomic E-state index is 0.133. The molecule has 0 saturated carbocycles. The van der Waals surface area contributed by atoms with E-state index in [-0.39, 0.29) is 24.0 Å². The Morgan fingerprint density at radius 2 is 2.21 bits per heavy atom. The van der Waals surface area contributed by atoms with Gasteiger partial charge in [-0.3, -0.25) is 9.48 Å². The number of carbonyl (C=O) groups is 1. The summed E-state index contributed by atoms with van der Waals surface area (Å²) in [6.07, 6.45) is 3.66. The van der Waals surface area contributed by atoms with Crippen molar-refractivity contribution in [3.05, 3.63) is 18.0 Å². The first kappa shape index (κ1) is 15.7. The highest BCUT2D eigenvalue weighted by Gasteiger charge is 2.30. The van der Waals surface area contributed by atoms with Gasteiger partial charge in [-0.1, -0.05) is 20.8 Å². The number of amides is 1. The lowest BCUT2D eigenvalue weighted by atomic mass is 9.83. The van der Waals surface area contributed by atoms with Gasteiger partial charge < -0.3 is 15.8 Å². The maximum atomic E-state index is 12.0. The third-order valence-electron chi connectivity index (χ3n) is 2.89. The quantitative estimate of drug-likeness (QED) is 0.819. The number of nitrogens with one attached hydrogen (secondary N) is 1. The Morgan fingerprint density at radius 1 is 1.58 bits per heavy atom. The molecule has 0 aromatic carbocycles. The van der Waals surface area contributed by atoms with Crippen molar-refractivity contribution in [2.45, 2.75) is 32.9 Å². The third-order valence-corrected chi connectivity index (χ3v) is 2.89. The summed E-state index contributed by atoms with van der Waals surface area (Å²) in [5.74, 6) is -0.217. The van der Waals surface area contributed by atoms with Crippen LogP contribution in [-0.4, -0.2) is 35.4 Å². The van der Waals surface area contributed by atoms with E-state index < -0.39 is 6.04 Å². The Morgan fingerprint density at radius 3 is 2.63 bits per heavy atom. The minimum atomic E-state index is -0.661. The number of hydrogen-bond donors (Lipinski definition) is 2. The van der Waals surface area contributed by atoms with Gasteiger partial charge in [-0.15, -0.1) is 0 Å². The number of hydrogen-bond acceptors (Lipinski definition) is 4. The lowest BCUT2D eigenvalue weighted by molar-refractivity contribution is -0.125. The zero-order chi connectivity index (χ0) is 14.6. The van der Waals surface area contributed by atoms with Crippen LogP contribution < -0.4 is 11.1 Å². The summed E-state index contributed by atoms with van der Waals surface area (Å²) in [6.45, 7) is 6.39. The second kappa shape index (κ2) is 6.16. The molecule has 1 aromatic rings. The largest absolute Gasteiger partial charge is 0.383 e. The number of nitrogens with zero attached hydrogens (tertiary/aromatic N) is 2. The molecule has 0 aliphatic rings. The summed E-state index contributed by atoms with van der Waals surface area (Å²) in [4.78, 5) is 12.0. The van der Waals surface area contributed by atoms with Gasteiger partial charge in [0, 0.05) is 25.9 Å². The number of aryl methyl sites for hydroxylation is 1. The average molecular weight is 268 g/mol. The maximum absolute atomic E-state index is 12.0. The van der Waals surface area contributed by atoms with E-state index in [0.717, 1.165) is 5.56 Å². The standard InChI is InChI=1S/C13H24N4O2/c1-13(2,3)11(9-6-15-17(4)7-9)16-12(18)10(14)8-19-5/h6-7,10-11H,8,14H2,1-5H3,(H,16,18). The Bertz CT molecular complexity index is 423. The maximum Gasteiger partial charge on any atom is 0.239 e. The van der Waals surface area contributed by atoms with E-state index in [1.54, 1.807) is 10.9 Å². The van der Waals surface area contributed by atoms with Gasteiger partial charge in [-0.25, -0.2) is 0 Å². The summed E-state index contributed by atoms with van der Waals surface area (Å²) < 4.78 is 6.62. The van der Waals surface area contributed by atoms with Crippen molar-refractivity contribution in [2.24, 2.45) is 18.2 Å². The second-order valence-corrected chi connectivity index (χ2v) is 5.82. The van der Waals surface area contributed by atoms with Crippen LogP contribution in [-0.2, 0) is 16.6 Å². The Kier molecular flexibility index (Phi) is 5.08. The van der Waals surface area contributed by atoms with Crippen LogP contribution in [0.3, 0.4) is 0 Å². The van der Waals surface area contributed by atoms with Crippen molar-refractivity contribution in [3.63, 3.8) is 0 Å². The lowest BCUT2D eigenvalue weighted by Gasteiger charge is -2.31. The molecule has 19 heavy (non-hydrogen) atoms. The molecule has 2 atom stereocenters. The molecule has 6 nitrogen and oxygen atoms in total. The van der Waals surface area contributed by atoms with Gasteiger partial charge in [0.25, 0.3) is 0 Å². The van der Waals surface area contributed by atoms with Crippen LogP contribution in [0.4, 0.5) is 0 Å². The minimum Gasteiger partial charge on any atom is -0.383 e. The van der Waals surface area contributed by atoms with E-state index >= 15 is 0 Å². The van der Waals surface area contributed by atoms with Crippen molar-refractivity contribution >= 4 is 5.91 Å². The van der Waals surface area contributed by atoms with Crippen LogP contribution in [0.5, 0.6) is 0 Å². The fourth-order valence-corrected chi connectivity index (χ4v) is 1.89. The van der Waals surface area contributed by atoms with Crippen LogP contribution in [0.25, 0.3) is 0 Å². The molecule has 0 spiro atoms. The molecule has 1 rings (SSSR count). The number of nitrogens with two attached hydrogens (primary N) is 1. The van der Waals surface area contributed by atoms with Gasteiger partial charge >= 0.3 is 0 Å². The van der Waals surface area contributed by atoms with Crippen LogP contribution in [0.1, 0.15) is 32.4 Å². The topological polar surface area (TPSA) is 82.2 Å². The first-order chi connectivity index (χ1) is 8.75. The highest BCUT2D eigenvalue weighted by atomic mass is 16.5. The summed E-state index contributed by atoms with van der Waals surface area (Å²) in [5, 5.41) is 7.12. The summed E-state index contributed by atoms with van der Waals surface area (Å²) in [7, 11) is 3.37. The zero-order valence-corrected chi connectivity index (χ0v) is 12.3. The molecule has 108 valence electrons. The van der Waals surface area contributed by atoms with Gasteiger partial charge in [-0.2, -0.15) is 5.10 Å². The molecule has 0 aliphatic heterocycles. The highest BCUT2D eigenvalue weighted by Crippen LogP contribution is 2.32. The Labute approximate surface area is 114 Å². The van der Waals surface area contributed by atoms with Gasteiger partial charge in [0.15, 0.2) is 0 Å². The number of aromatic nitrogens is 2.